The van der Waals surface area contributed by atoms with Crippen molar-refractivity contribution in [2.45, 2.75) is 45.4 Å². The van der Waals surface area contributed by atoms with Gasteiger partial charge in [-0.15, -0.1) is 0 Å². The Balaban J connectivity index is 2.20. The van der Waals surface area contributed by atoms with E-state index in [0.29, 0.717) is 22.3 Å². The van der Waals surface area contributed by atoms with Gasteiger partial charge in [-0.25, -0.2) is 4.79 Å². The second-order valence-corrected chi connectivity index (χ2v) is 6.07. The van der Waals surface area contributed by atoms with Crippen LogP contribution in [0.3, 0.4) is 0 Å². The SMILES string of the molecule is CCCCCC1C=CN=c2cc(N)c3c(c21)N=C(C)C=3C(=O)O. The number of aliphatic imine (C=N–C) groups is 1. The second kappa shape index (κ2) is 5.99. The largest absolute Gasteiger partial charge is 0.478 e. The van der Waals surface area contributed by atoms with E-state index in [0.717, 1.165) is 23.8 Å². The molecule has 0 bridgehead atoms. The number of anilines is 1. The molecule has 0 amide bonds. The van der Waals surface area contributed by atoms with Crippen molar-refractivity contribution in [3.63, 3.8) is 0 Å². The van der Waals surface area contributed by atoms with Gasteiger partial charge >= 0.3 is 5.97 Å². The van der Waals surface area contributed by atoms with Crippen LogP contribution in [0.15, 0.2) is 28.3 Å². The lowest BCUT2D eigenvalue weighted by atomic mass is 9.89. The Morgan fingerprint density at radius 2 is 2.17 bits per heavy atom. The summed E-state index contributed by atoms with van der Waals surface area (Å²) in [5.74, 6) is -0.768. The maximum absolute atomic E-state index is 11.6. The Labute approximate surface area is 135 Å². The van der Waals surface area contributed by atoms with Crippen molar-refractivity contribution in [1.82, 2.24) is 0 Å². The predicted molar refractivity (Wildman–Crippen MR) is 91.5 cm³/mol. The fourth-order valence-electron chi connectivity index (χ4n) is 3.39. The molecule has 0 aliphatic carbocycles. The number of rotatable bonds is 5. The predicted octanol–water partition coefficient (Wildman–Crippen LogP) is 2.42. The lowest BCUT2D eigenvalue weighted by Crippen LogP contribution is -2.25. The number of aliphatic carboxylic acids is 1. The minimum Gasteiger partial charge on any atom is -0.478 e. The molecule has 23 heavy (non-hydrogen) atoms. The van der Waals surface area contributed by atoms with Crippen molar-refractivity contribution < 1.29 is 9.90 Å². The zero-order valence-corrected chi connectivity index (χ0v) is 13.5. The summed E-state index contributed by atoms with van der Waals surface area (Å²) in [6.45, 7) is 3.90. The number of benzene rings is 1. The van der Waals surface area contributed by atoms with Crippen molar-refractivity contribution in [3.05, 3.63) is 34.5 Å². The standard InChI is InChI=1S/C18H21N3O2/c1-3-4-5-6-11-7-8-20-13-9-12(19)16-14(18(22)23)10(2)21-17(16)15(11)13/h7-9,11H,3-6,19H2,1-2H3,(H,22,23). The molecule has 120 valence electrons. The van der Waals surface area contributed by atoms with Crippen LogP contribution in [0.5, 0.6) is 0 Å². The van der Waals surface area contributed by atoms with Gasteiger partial charge in [0.1, 0.15) is 0 Å². The molecule has 1 atom stereocenters. The molecule has 2 aliphatic heterocycles. The summed E-state index contributed by atoms with van der Waals surface area (Å²) in [6, 6.07) is 1.78. The molecule has 0 spiro atoms. The number of unbranched alkanes of at least 4 members (excludes halogenated alkanes) is 2. The summed E-state index contributed by atoms with van der Waals surface area (Å²) in [5, 5.41) is 10.9. The van der Waals surface area contributed by atoms with Crippen LogP contribution < -0.4 is 16.3 Å². The molecule has 3 N–H and O–H groups in total. The van der Waals surface area contributed by atoms with E-state index in [-0.39, 0.29) is 11.5 Å². The Morgan fingerprint density at radius 3 is 2.87 bits per heavy atom. The Bertz CT molecular complexity index is 850. The first-order valence-electron chi connectivity index (χ1n) is 8.04. The van der Waals surface area contributed by atoms with Gasteiger partial charge in [0.05, 0.1) is 22.3 Å². The zero-order chi connectivity index (χ0) is 16.6. The molecule has 0 radical (unpaired) electrons. The summed E-state index contributed by atoms with van der Waals surface area (Å²) in [5.41, 5.74) is 8.98. The fourth-order valence-corrected chi connectivity index (χ4v) is 3.39. The average Bonchev–Trinajstić information content (AvgIpc) is 2.85. The fraction of sp³-hybridized carbons (Fsp3) is 0.389. The first-order chi connectivity index (χ1) is 11.0. The van der Waals surface area contributed by atoms with E-state index >= 15 is 0 Å². The van der Waals surface area contributed by atoms with Crippen molar-refractivity contribution in [2.24, 2.45) is 9.98 Å². The Hall–Kier alpha value is -2.43. The molecule has 1 unspecified atom stereocenters. The molecule has 0 aromatic heterocycles. The Morgan fingerprint density at radius 1 is 1.39 bits per heavy atom. The third-order valence-electron chi connectivity index (χ3n) is 4.48. The number of carboxylic acids is 1. The lowest BCUT2D eigenvalue weighted by Gasteiger charge is -2.18. The number of allylic oxidation sites excluding steroid dienone is 1. The van der Waals surface area contributed by atoms with Crippen LogP contribution in [-0.4, -0.2) is 16.8 Å². The highest BCUT2D eigenvalue weighted by Crippen LogP contribution is 2.32. The van der Waals surface area contributed by atoms with Gasteiger partial charge in [-0.1, -0.05) is 32.3 Å². The van der Waals surface area contributed by atoms with Crippen molar-refractivity contribution in [3.8, 4) is 0 Å². The second-order valence-electron chi connectivity index (χ2n) is 6.07. The van der Waals surface area contributed by atoms with Gasteiger partial charge in [-0.05, 0) is 19.4 Å². The summed E-state index contributed by atoms with van der Waals surface area (Å²) < 4.78 is 0. The van der Waals surface area contributed by atoms with E-state index in [1.807, 2.05) is 6.20 Å². The van der Waals surface area contributed by atoms with Crippen molar-refractivity contribution in [2.75, 3.05) is 5.73 Å². The van der Waals surface area contributed by atoms with Crippen LogP contribution in [0.4, 0.5) is 11.4 Å². The topological polar surface area (TPSA) is 88.0 Å². The molecule has 2 aliphatic rings. The molecule has 5 nitrogen and oxygen atoms in total. The number of carbonyl (C=O) groups is 1. The van der Waals surface area contributed by atoms with Gasteiger partial charge in [-0.3, -0.25) is 9.98 Å². The van der Waals surface area contributed by atoms with Gasteiger partial charge in [0, 0.05) is 28.6 Å². The average molecular weight is 311 g/mol. The zero-order valence-electron chi connectivity index (χ0n) is 13.5. The van der Waals surface area contributed by atoms with Gasteiger partial charge in [-0.2, -0.15) is 0 Å². The number of nitrogen functional groups attached to an aromatic ring is 1. The van der Waals surface area contributed by atoms with Crippen LogP contribution in [0, 0.1) is 0 Å². The van der Waals surface area contributed by atoms with Crippen molar-refractivity contribution >= 4 is 28.6 Å². The van der Waals surface area contributed by atoms with E-state index < -0.39 is 5.97 Å². The molecule has 1 aromatic carbocycles. The van der Waals surface area contributed by atoms with Crippen LogP contribution in [-0.2, 0) is 4.79 Å². The summed E-state index contributed by atoms with van der Waals surface area (Å²) in [6.07, 6.45) is 8.39. The maximum atomic E-state index is 11.6. The lowest BCUT2D eigenvalue weighted by molar-refractivity contribution is -0.130. The molecule has 0 fully saturated rings. The molecular formula is C18H21N3O2. The number of carboxylic acid groups (broad SMARTS) is 1. The van der Waals surface area contributed by atoms with E-state index in [1.165, 1.54) is 12.8 Å². The number of fused-ring (bicyclic) bond motifs is 3. The van der Waals surface area contributed by atoms with E-state index in [1.54, 1.807) is 13.0 Å². The summed E-state index contributed by atoms with van der Waals surface area (Å²) >= 11 is 0. The number of hydrogen-bond donors (Lipinski definition) is 2. The molecule has 2 heterocycles. The first-order valence-corrected chi connectivity index (χ1v) is 8.04. The summed E-state index contributed by atoms with van der Waals surface area (Å²) in [4.78, 5) is 20.5. The normalized spacial score (nSPS) is 18.3. The van der Waals surface area contributed by atoms with Gasteiger partial charge in [0.15, 0.2) is 0 Å². The van der Waals surface area contributed by atoms with Gasteiger partial charge in [0.2, 0.25) is 0 Å². The highest BCUT2D eigenvalue weighted by Gasteiger charge is 2.27. The molecule has 1 aromatic rings. The minimum absolute atomic E-state index is 0.210. The van der Waals surface area contributed by atoms with Crippen LogP contribution >= 0.6 is 0 Å². The quantitative estimate of drug-likeness (QED) is 0.646. The van der Waals surface area contributed by atoms with Gasteiger partial charge in [0.25, 0.3) is 0 Å². The number of hydrogen-bond acceptors (Lipinski definition) is 4. The number of nitrogens with two attached hydrogens (primary N) is 1. The van der Waals surface area contributed by atoms with E-state index in [4.69, 9.17) is 5.73 Å². The number of nitrogens with zero attached hydrogens (tertiary/aromatic N) is 2. The smallest absolute Gasteiger partial charge is 0.338 e. The van der Waals surface area contributed by atoms with Gasteiger partial charge < -0.3 is 10.8 Å². The van der Waals surface area contributed by atoms with Crippen LogP contribution in [0.25, 0.3) is 5.57 Å². The third-order valence-corrected chi connectivity index (χ3v) is 4.48. The first kappa shape index (κ1) is 15.5. The maximum Gasteiger partial charge on any atom is 0.338 e. The minimum atomic E-state index is -0.984. The monoisotopic (exact) mass is 311 g/mol. The Kier molecular flexibility index (Phi) is 4.03. The third kappa shape index (κ3) is 2.56. The molecule has 5 heteroatoms. The summed E-state index contributed by atoms with van der Waals surface area (Å²) in [7, 11) is 0. The van der Waals surface area contributed by atoms with Crippen molar-refractivity contribution in [1.29, 1.82) is 0 Å². The highest BCUT2D eigenvalue weighted by molar-refractivity contribution is 6.42. The van der Waals surface area contributed by atoms with Crippen LogP contribution in [0.1, 0.15) is 51.0 Å². The molecule has 0 saturated heterocycles. The highest BCUT2D eigenvalue weighted by atomic mass is 16.4. The molecule has 0 saturated carbocycles. The molecule has 3 rings (SSSR count). The van der Waals surface area contributed by atoms with E-state index in [2.05, 4.69) is 23.0 Å². The van der Waals surface area contributed by atoms with Crippen LogP contribution in [0.2, 0.25) is 0 Å². The molecular weight excluding hydrogens is 290 g/mol. The van der Waals surface area contributed by atoms with E-state index in [9.17, 15) is 9.90 Å².